The van der Waals surface area contributed by atoms with Crippen molar-refractivity contribution in [3.05, 3.63) is 63.6 Å². The number of carbonyl (C=O) groups excluding carboxylic acids is 2. The second-order valence-electron chi connectivity index (χ2n) is 6.75. The Balaban J connectivity index is 1.89. The highest BCUT2D eigenvalue weighted by atomic mass is 35.5. The number of hydrazine groups is 1. The van der Waals surface area contributed by atoms with Crippen molar-refractivity contribution in [1.82, 2.24) is 5.01 Å². The van der Waals surface area contributed by atoms with Crippen LogP contribution in [0.4, 0.5) is 0 Å². The quantitative estimate of drug-likeness (QED) is 0.165. The molecule has 0 atom stereocenters. The van der Waals surface area contributed by atoms with E-state index < -0.39 is 11.8 Å². The van der Waals surface area contributed by atoms with Crippen LogP contribution in [0.5, 0.6) is 5.75 Å². The van der Waals surface area contributed by atoms with Crippen molar-refractivity contribution in [2.24, 2.45) is 5.84 Å². The summed E-state index contributed by atoms with van der Waals surface area (Å²) in [5.74, 6) is 5.03. The van der Waals surface area contributed by atoms with E-state index in [1.165, 1.54) is 37.8 Å². The van der Waals surface area contributed by atoms with E-state index in [1.54, 1.807) is 30.3 Å². The summed E-state index contributed by atoms with van der Waals surface area (Å²) >= 11 is 11.9. The Hall–Kier alpha value is -2.08. The number of nitrogens with two attached hydrogens (primary N) is 1. The number of nitrogens with zero attached hydrogens (tertiary/aromatic N) is 1. The summed E-state index contributed by atoms with van der Waals surface area (Å²) in [4.78, 5) is 25.0. The van der Waals surface area contributed by atoms with Gasteiger partial charge in [0.1, 0.15) is 5.75 Å². The van der Waals surface area contributed by atoms with E-state index >= 15 is 0 Å². The molecule has 0 aromatic heterocycles. The predicted octanol–water partition coefficient (Wildman–Crippen LogP) is 5.89. The minimum absolute atomic E-state index is 0.0638. The van der Waals surface area contributed by atoms with Gasteiger partial charge in [0.05, 0.1) is 17.2 Å². The minimum atomic E-state index is -0.731. The molecular weight excluding hydrogens is 411 g/mol. The van der Waals surface area contributed by atoms with Gasteiger partial charge < -0.3 is 4.74 Å². The molecule has 29 heavy (non-hydrogen) atoms. The maximum absolute atomic E-state index is 12.5. The summed E-state index contributed by atoms with van der Waals surface area (Å²) < 4.78 is 5.70. The van der Waals surface area contributed by atoms with Crippen LogP contribution in [0.3, 0.4) is 0 Å². The lowest BCUT2D eigenvalue weighted by atomic mass is 10.1. The molecule has 0 radical (unpaired) electrons. The summed E-state index contributed by atoms with van der Waals surface area (Å²) in [6.07, 6.45) is 7.15. The fourth-order valence-electron chi connectivity index (χ4n) is 2.79. The normalized spacial score (nSPS) is 10.6. The first-order chi connectivity index (χ1) is 13.9. The zero-order valence-corrected chi connectivity index (χ0v) is 18.0. The average Bonchev–Trinajstić information content (AvgIpc) is 2.73. The Bertz CT molecular complexity index is 825. The summed E-state index contributed by atoms with van der Waals surface area (Å²) in [7, 11) is 0. The van der Waals surface area contributed by atoms with E-state index in [2.05, 4.69) is 6.92 Å². The Morgan fingerprint density at radius 3 is 2.28 bits per heavy atom. The Morgan fingerprint density at radius 1 is 0.931 bits per heavy atom. The molecule has 2 N–H and O–H groups in total. The average molecular weight is 437 g/mol. The summed E-state index contributed by atoms with van der Waals surface area (Å²) in [6.45, 7) is 2.83. The third-order valence-corrected chi connectivity index (χ3v) is 5.03. The van der Waals surface area contributed by atoms with Crippen LogP contribution in [-0.2, 0) is 0 Å². The van der Waals surface area contributed by atoms with Crippen molar-refractivity contribution in [2.75, 3.05) is 6.61 Å². The monoisotopic (exact) mass is 436 g/mol. The smallest absolute Gasteiger partial charge is 0.276 e. The molecule has 2 rings (SSSR count). The van der Waals surface area contributed by atoms with Crippen molar-refractivity contribution >= 4 is 35.0 Å². The van der Waals surface area contributed by atoms with Crippen LogP contribution in [-0.4, -0.2) is 23.4 Å². The maximum Gasteiger partial charge on any atom is 0.276 e. The maximum atomic E-state index is 12.5. The Labute approximate surface area is 181 Å². The van der Waals surface area contributed by atoms with Gasteiger partial charge in [0.25, 0.3) is 11.8 Å². The number of unbranched alkanes of at least 4 members (excludes halogenated alkanes) is 5. The molecular formula is C22H26Cl2N2O3. The lowest BCUT2D eigenvalue weighted by molar-refractivity contribution is 0.0615. The van der Waals surface area contributed by atoms with Crippen molar-refractivity contribution in [3.63, 3.8) is 0 Å². The molecule has 2 aromatic rings. The molecule has 0 bridgehead atoms. The third-order valence-electron chi connectivity index (χ3n) is 4.46. The van der Waals surface area contributed by atoms with Gasteiger partial charge >= 0.3 is 0 Å². The molecule has 0 aliphatic heterocycles. The van der Waals surface area contributed by atoms with Crippen LogP contribution in [0.15, 0.2) is 42.5 Å². The minimum Gasteiger partial charge on any atom is -0.494 e. The summed E-state index contributed by atoms with van der Waals surface area (Å²) in [5.41, 5.74) is 0.333. The molecule has 0 fully saturated rings. The van der Waals surface area contributed by atoms with Crippen LogP contribution in [0.2, 0.25) is 10.0 Å². The van der Waals surface area contributed by atoms with Crippen LogP contribution in [0.1, 0.15) is 66.2 Å². The first-order valence-corrected chi connectivity index (χ1v) is 10.5. The van der Waals surface area contributed by atoms with Crippen LogP contribution < -0.4 is 10.6 Å². The van der Waals surface area contributed by atoms with Gasteiger partial charge in [-0.3, -0.25) is 9.59 Å². The summed E-state index contributed by atoms with van der Waals surface area (Å²) in [6, 6.07) is 10.9. The predicted molar refractivity (Wildman–Crippen MR) is 116 cm³/mol. The van der Waals surface area contributed by atoms with Gasteiger partial charge in [0.2, 0.25) is 0 Å². The standard InChI is InChI=1S/C22H26Cl2N2O3/c1-2-3-4-5-6-7-14-29-18-11-8-16(9-12-18)21(27)26(25)22(28)19-15-17(23)10-13-20(19)24/h8-13,15H,2-7,14,25H2,1H3. The van der Waals surface area contributed by atoms with Gasteiger partial charge in [0, 0.05) is 10.6 Å². The van der Waals surface area contributed by atoms with Gasteiger partial charge in [-0.25, -0.2) is 10.9 Å². The first-order valence-electron chi connectivity index (χ1n) is 9.75. The number of carbonyl (C=O) groups is 2. The zero-order valence-electron chi connectivity index (χ0n) is 16.5. The highest BCUT2D eigenvalue weighted by Crippen LogP contribution is 2.22. The number of benzene rings is 2. The number of amides is 2. The molecule has 0 aliphatic carbocycles. The number of imide groups is 1. The fourth-order valence-corrected chi connectivity index (χ4v) is 3.16. The Kier molecular flexibility index (Phi) is 9.45. The first kappa shape index (κ1) is 23.2. The Morgan fingerprint density at radius 2 is 1.59 bits per heavy atom. The van der Waals surface area contributed by atoms with Gasteiger partial charge in [-0.15, -0.1) is 0 Å². The van der Waals surface area contributed by atoms with E-state index in [4.69, 9.17) is 33.8 Å². The molecule has 0 heterocycles. The second kappa shape index (κ2) is 11.8. The van der Waals surface area contributed by atoms with Crippen LogP contribution >= 0.6 is 23.2 Å². The second-order valence-corrected chi connectivity index (χ2v) is 7.59. The fraction of sp³-hybridized carbons (Fsp3) is 0.364. The lowest BCUT2D eigenvalue weighted by Crippen LogP contribution is -2.42. The molecule has 7 heteroatoms. The highest BCUT2D eigenvalue weighted by Gasteiger charge is 2.23. The molecule has 2 amide bonds. The van der Waals surface area contributed by atoms with E-state index in [-0.39, 0.29) is 16.1 Å². The molecule has 2 aromatic carbocycles. The van der Waals surface area contributed by atoms with Gasteiger partial charge in [-0.1, -0.05) is 62.2 Å². The lowest BCUT2D eigenvalue weighted by Gasteiger charge is -2.16. The van der Waals surface area contributed by atoms with E-state index in [9.17, 15) is 9.59 Å². The zero-order chi connectivity index (χ0) is 21.2. The van der Waals surface area contributed by atoms with Crippen molar-refractivity contribution in [3.8, 4) is 5.75 Å². The molecule has 156 valence electrons. The molecule has 5 nitrogen and oxygen atoms in total. The van der Waals surface area contributed by atoms with Crippen molar-refractivity contribution in [2.45, 2.75) is 45.4 Å². The largest absolute Gasteiger partial charge is 0.494 e. The molecule has 0 saturated heterocycles. The van der Waals surface area contributed by atoms with Crippen molar-refractivity contribution in [1.29, 1.82) is 0 Å². The van der Waals surface area contributed by atoms with Crippen molar-refractivity contribution < 1.29 is 14.3 Å². The molecule has 0 aliphatic rings. The third kappa shape index (κ3) is 7.03. The van der Waals surface area contributed by atoms with E-state index in [0.29, 0.717) is 22.4 Å². The van der Waals surface area contributed by atoms with E-state index in [1.807, 2.05) is 0 Å². The number of hydrogen-bond donors (Lipinski definition) is 1. The van der Waals surface area contributed by atoms with Gasteiger partial charge in [0.15, 0.2) is 0 Å². The molecule has 0 saturated carbocycles. The van der Waals surface area contributed by atoms with E-state index in [0.717, 1.165) is 12.8 Å². The molecule has 0 unspecified atom stereocenters. The SMILES string of the molecule is CCCCCCCCOc1ccc(C(=O)N(N)C(=O)c2cc(Cl)ccc2Cl)cc1. The molecule has 0 spiro atoms. The van der Waals surface area contributed by atoms with Gasteiger partial charge in [-0.05, 0) is 48.9 Å². The number of halogens is 2. The highest BCUT2D eigenvalue weighted by molar-refractivity contribution is 6.36. The van der Waals surface area contributed by atoms with Crippen LogP contribution in [0, 0.1) is 0 Å². The van der Waals surface area contributed by atoms with Crippen LogP contribution in [0.25, 0.3) is 0 Å². The number of ether oxygens (including phenoxy) is 1. The number of rotatable bonds is 10. The summed E-state index contributed by atoms with van der Waals surface area (Å²) in [5, 5.41) is 1.02. The number of hydrogen-bond acceptors (Lipinski definition) is 4. The van der Waals surface area contributed by atoms with Gasteiger partial charge in [-0.2, -0.15) is 0 Å². The topological polar surface area (TPSA) is 72.6 Å².